The second kappa shape index (κ2) is 5.84. The van der Waals surface area contributed by atoms with Gasteiger partial charge in [-0.05, 0) is 37.2 Å². The molecule has 90 valence electrons. The molecule has 1 heterocycles. The number of halogens is 1. The maximum absolute atomic E-state index is 5.83. The zero-order valence-corrected chi connectivity index (χ0v) is 10.5. The van der Waals surface area contributed by atoms with Crippen molar-refractivity contribution in [2.45, 2.75) is 19.9 Å². The van der Waals surface area contributed by atoms with E-state index in [1.54, 1.807) is 6.20 Å². The molecule has 1 N–H and O–H groups in total. The molecular formula is C13H15ClN2O. The lowest BCUT2D eigenvalue weighted by atomic mass is 10.2. The lowest BCUT2D eigenvalue weighted by Gasteiger charge is -1.98. The summed E-state index contributed by atoms with van der Waals surface area (Å²) in [5, 5.41) is 3.97. The van der Waals surface area contributed by atoms with Gasteiger partial charge in [0.25, 0.3) is 0 Å². The number of rotatable bonds is 5. The Morgan fingerprint density at radius 2 is 2.06 bits per heavy atom. The molecule has 0 atom stereocenters. The molecule has 0 radical (unpaired) electrons. The predicted molar refractivity (Wildman–Crippen MR) is 68.9 cm³/mol. The number of benzene rings is 1. The Labute approximate surface area is 106 Å². The van der Waals surface area contributed by atoms with Gasteiger partial charge in [0, 0.05) is 10.6 Å². The Balaban J connectivity index is 2.04. The summed E-state index contributed by atoms with van der Waals surface area (Å²) in [4.78, 5) is 4.22. The SMILES string of the molecule is CCCNCc1ncc(-c2ccc(Cl)cc2)o1. The third kappa shape index (κ3) is 3.32. The molecule has 2 aromatic rings. The van der Waals surface area contributed by atoms with Crippen LogP contribution < -0.4 is 5.32 Å². The Morgan fingerprint density at radius 1 is 1.29 bits per heavy atom. The summed E-state index contributed by atoms with van der Waals surface area (Å²) in [6.45, 7) is 3.77. The fourth-order valence-corrected chi connectivity index (χ4v) is 1.64. The minimum atomic E-state index is 0.668. The van der Waals surface area contributed by atoms with Gasteiger partial charge in [-0.1, -0.05) is 18.5 Å². The van der Waals surface area contributed by atoms with E-state index in [0.717, 1.165) is 29.3 Å². The van der Waals surface area contributed by atoms with E-state index in [9.17, 15) is 0 Å². The molecule has 4 heteroatoms. The van der Waals surface area contributed by atoms with E-state index in [1.165, 1.54) is 0 Å². The number of aromatic nitrogens is 1. The van der Waals surface area contributed by atoms with E-state index in [0.29, 0.717) is 12.4 Å². The molecule has 0 aliphatic carbocycles. The van der Waals surface area contributed by atoms with Gasteiger partial charge < -0.3 is 9.73 Å². The Bertz CT molecular complexity index is 465. The average molecular weight is 251 g/mol. The van der Waals surface area contributed by atoms with Crippen molar-refractivity contribution >= 4 is 11.6 Å². The van der Waals surface area contributed by atoms with Gasteiger partial charge in [0.05, 0.1) is 12.7 Å². The monoisotopic (exact) mass is 250 g/mol. The number of oxazole rings is 1. The summed E-state index contributed by atoms with van der Waals surface area (Å²) in [7, 11) is 0. The van der Waals surface area contributed by atoms with Gasteiger partial charge in [0.1, 0.15) is 0 Å². The van der Waals surface area contributed by atoms with Crippen molar-refractivity contribution in [3.63, 3.8) is 0 Å². The standard InChI is InChI=1S/C13H15ClN2O/c1-2-7-15-9-13-16-8-12(17-13)10-3-5-11(14)6-4-10/h3-6,8,15H,2,7,9H2,1H3. The second-order valence-electron chi connectivity index (χ2n) is 3.80. The summed E-state index contributed by atoms with van der Waals surface area (Å²) >= 11 is 5.83. The Hall–Kier alpha value is -1.32. The van der Waals surface area contributed by atoms with Gasteiger partial charge in [-0.2, -0.15) is 0 Å². The first-order valence-electron chi connectivity index (χ1n) is 5.71. The van der Waals surface area contributed by atoms with Gasteiger partial charge >= 0.3 is 0 Å². The first-order chi connectivity index (χ1) is 8.29. The lowest BCUT2D eigenvalue weighted by Crippen LogP contribution is -2.13. The van der Waals surface area contributed by atoms with Crippen LogP contribution in [0.1, 0.15) is 19.2 Å². The van der Waals surface area contributed by atoms with E-state index >= 15 is 0 Å². The highest BCUT2D eigenvalue weighted by atomic mass is 35.5. The predicted octanol–water partition coefficient (Wildman–Crippen LogP) is 3.49. The molecule has 3 nitrogen and oxygen atoms in total. The Kier molecular flexibility index (Phi) is 4.18. The summed E-state index contributed by atoms with van der Waals surface area (Å²) in [6, 6.07) is 7.53. The van der Waals surface area contributed by atoms with Gasteiger partial charge in [-0.3, -0.25) is 0 Å². The van der Waals surface area contributed by atoms with E-state index < -0.39 is 0 Å². The highest BCUT2D eigenvalue weighted by molar-refractivity contribution is 6.30. The Morgan fingerprint density at radius 3 is 2.76 bits per heavy atom. The van der Waals surface area contributed by atoms with Crippen LogP contribution in [0.2, 0.25) is 5.02 Å². The molecule has 0 unspecified atom stereocenters. The summed E-state index contributed by atoms with van der Waals surface area (Å²) < 4.78 is 5.64. The minimum absolute atomic E-state index is 0.668. The van der Waals surface area contributed by atoms with Crippen molar-refractivity contribution in [1.29, 1.82) is 0 Å². The lowest BCUT2D eigenvalue weighted by molar-refractivity contribution is 0.478. The third-order valence-electron chi connectivity index (χ3n) is 2.39. The fourth-order valence-electron chi connectivity index (χ4n) is 1.51. The normalized spacial score (nSPS) is 10.7. The molecule has 1 aromatic carbocycles. The quantitative estimate of drug-likeness (QED) is 0.826. The van der Waals surface area contributed by atoms with E-state index in [4.69, 9.17) is 16.0 Å². The van der Waals surface area contributed by atoms with Gasteiger partial charge in [0.15, 0.2) is 5.76 Å². The van der Waals surface area contributed by atoms with Crippen LogP contribution in [-0.2, 0) is 6.54 Å². The van der Waals surface area contributed by atoms with E-state index in [-0.39, 0.29) is 0 Å². The molecule has 0 bridgehead atoms. The van der Waals surface area contributed by atoms with Crippen molar-refractivity contribution in [3.8, 4) is 11.3 Å². The van der Waals surface area contributed by atoms with Crippen molar-refractivity contribution < 1.29 is 4.42 Å². The van der Waals surface area contributed by atoms with Gasteiger partial charge in [-0.15, -0.1) is 0 Å². The molecule has 0 fully saturated rings. The van der Waals surface area contributed by atoms with Crippen LogP contribution in [0.25, 0.3) is 11.3 Å². The molecule has 0 amide bonds. The average Bonchev–Trinajstić information content (AvgIpc) is 2.79. The summed E-state index contributed by atoms with van der Waals surface area (Å²) in [5.41, 5.74) is 0.989. The zero-order chi connectivity index (χ0) is 12.1. The summed E-state index contributed by atoms with van der Waals surface area (Å²) in [6.07, 6.45) is 2.84. The molecule has 0 aliphatic heterocycles. The van der Waals surface area contributed by atoms with Gasteiger partial charge in [0.2, 0.25) is 5.89 Å². The van der Waals surface area contributed by atoms with Crippen molar-refractivity contribution in [2.24, 2.45) is 0 Å². The highest BCUT2D eigenvalue weighted by Gasteiger charge is 2.05. The zero-order valence-electron chi connectivity index (χ0n) is 9.74. The van der Waals surface area contributed by atoms with Crippen molar-refractivity contribution in [3.05, 3.63) is 41.4 Å². The van der Waals surface area contributed by atoms with Crippen LogP contribution in [0.3, 0.4) is 0 Å². The van der Waals surface area contributed by atoms with Gasteiger partial charge in [-0.25, -0.2) is 4.98 Å². The first kappa shape index (κ1) is 12.1. The molecule has 0 aliphatic rings. The molecule has 1 aromatic heterocycles. The minimum Gasteiger partial charge on any atom is -0.439 e. The molecule has 0 saturated carbocycles. The van der Waals surface area contributed by atoms with Crippen LogP contribution >= 0.6 is 11.6 Å². The number of hydrogen-bond donors (Lipinski definition) is 1. The fraction of sp³-hybridized carbons (Fsp3) is 0.308. The van der Waals surface area contributed by atoms with Crippen LogP contribution in [0.15, 0.2) is 34.9 Å². The third-order valence-corrected chi connectivity index (χ3v) is 2.64. The largest absolute Gasteiger partial charge is 0.439 e. The van der Waals surface area contributed by atoms with Crippen LogP contribution in [-0.4, -0.2) is 11.5 Å². The first-order valence-corrected chi connectivity index (χ1v) is 6.08. The van der Waals surface area contributed by atoms with Crippen LogP contribution in [0.4, 0.5) is 0 Å². The number of nitrogens with zero attached hydrogens (tertiary/aromatic N) is 1. The molecule has 0 spiro atoms. The van der Waals surface area contributed by atoms with E-state index in [2.05, 4.69) is 17.2 Å². The van der Waals surface area contributed by atoms with Crippen molar-refractivity contribution in [2.75, 3.05) is 6.54 Å². The van der Waals surface area contributed by atoms with Crippen LogP contribution in [0.5, 0.6) is 0 Å². The number of hydrogen-bond acceptors (Lipinski definition) is 3. The maximum Gasteiger partial charge on any atom is 0.208 e. The summed E-state index contributed by atoms with van der Waals surface area (Å²) in [5.74, 6) is 1.48. The molecular weight excluding hydrogens is 236 g/mol. The second-order valence-corrected chi connectivity index (χ2v) is 4.24. The van der Waals surface area contributed by atoms with Crippen LogP contribution in [0, 0.1) is 0 Å². The van der Waals surface area contributed by atoms with Crippen molar-refractivity contribution in [1.82, 2.24) is 10.3 Å². The topological polar surface area (TPSA) is 38.1 Å². The molecule has 17 heavy (non-hydrogen) atoms. The molecule has 0 saturated heterocycles. The van der Waals surface area contributed by atoms with E-state index in [1.807, 2.05) is 24.3 Å². The molecule has 2 rings (SSSR count). The maximum atomic E-state index is 5.83. The smallest absolute Gasteiger partial charge is 0.208 e. The number of nitrogens with one attached hydrogen (secondary N) is 1. The highest BCUT2D eigenvalue weighted by Crippen LogP contribution is 2.22.